The van der Waals surface area contributed by atoms with E-state index in [-0.39, 0.29) is 12.5 Å². The molecule has 1 aliphatic rings. The van der Waals surface area contributed by atoms with Crippen molar-refractivity contribution in [2.24, 2.45) is 5.73 Å². The van der Waals surface area contributed by atoms with Crippen LogP contribution in [0.2, 0.25) is 0 Å². The van der Waals surface area contributed by atoms with E-state index >= 15 is 0 Å². The average molecular weight is 283 g/mol. The van der Waals surface area contributed by atoms with Gasteiger partial charge in [0, 0.05) is 18.8 Å². The Bertz CT molecular complexity index is 553. The number of hydrogen-bond acceptors (Lipinski definition) is 4. The summed E-state index contributed by atoms with van der Waals surface area (Å²) < 4.78 is 29.1. The number of rotatable bonds is 5. The molecule has 0 radical (unpaired) electrons. The number of nitrogens with two attached hydrogens (primary N) is 1. The maximum atomic E-state index is 11.9. The molecule has 3 atom stereocenters. The van der Waals surface area contributed by atoms with Crippen LogP contribution in [0.4, 0.5) is 0 Å². The third-order valence-electron chi connectivity index (χ3n) is 3.76. The predicted molar refractivity (Wildman–Crippen MR) is 76.0 cm³/mol. The van der Waals surface area contributed by atoms with Crippen molar-refractivity contribution in [1.82, 2.24) is 0 Å². The van der Waals surface area contributed by atoms with Gasteiger partial charge in [-0.1, -0.05) is 29.8 Å². The highest BCUT2D eigenvalue weighted by Crippen LogP contribution is 2.53. The molecule has 4 nitrogen and oxygen atoms in total. The zero-order chi connectivity index (χ0) is 14.3. The smallest absolute Gasteiger partial charge is 0.152 e. The number of sulfone groups is 1. The van der Waals surface area contributed by atoms with Crippen LogP contribution in [0.3, 0.4) is 0 Å². The quantitative estimate of drug-likeness (QED) is 0.882. The Hall–Kier alpha value is -0.910. The molecule has 0 saturated heterocycles. The van der Waals surface area contributed by atoms with Crippen LogP contribution in [0.15, 0.2) is 24.3 Å². The first kappa shape index (κ1) is 14.5. The van der Waals surface area contributed by atoms with E-state index in [1.165, 1.54) is 6.26 Å². The Kier molecular flexibility index (Phi) is 3.73. The molecule has 1 saturated carbocycles. The lowest BCUT2D eigenvalue weighted by Crippen LogP contribution is -2.36. The lowest BCUT2D eigenvalue weighted by Gasteiger charge is -2.11. The fourth-order valence-electron chi connectivity index (χ4n) is 2.78. The fourth-order valence-corrected chi connectivity index (χ4v) is 4.62. The van der Waals surface area contributed by atoms with Crippen molar-refractivity contribution in [2.45, 2.75) is 30.6 Å². The molecule has 106 valence electrons. The molecule has 5 heteroatoms. The van der Waals surface area contributed by atoms with Crippen LogP contribution in [0.25, 0.3) is 0 Å². The van der Waals surface area contributed by atoms with Crippen molar-refractivity contribution >= 4 is 9.84 Å². The Morgan fingerprint density at radius 2 is 1.89 bits per heavy atom. The van der Waals surface area contributed by atoms with Crippen molar-refractivity contribution in [3.63, 3.8) is 0 Å². The number of aryl methyl sites for hydroxylation is 1. The molecule has 0 aromatic heterocycles. The molecule has 19 heavy (non-hydrogen) atoms. The van der Waals surface area contributed by atoms with Crippen molar-refractivity contribution in [3.8, 4) is 0 Å². The maximum absolute atomic E-state index is 11.9. The summed E-state index contributed by atoms with van der Waals surface area (Å²) in [6.07, 6.45) is 1.25. The van der Waals surface area contributed by atoms with E-state index < -0.39 is 20.6 Å². The molecular weight excluding hydrogens is 262 g/mol. The monoisotopic (exact) mass is 283 g/mol. The molecule has 2 N–H and O–H groups in total. The molecular formula is C14H21NO3S. The molecule has 1 aromatic carbocycles. The van der Waals surface area contributed by atoms with E-state index in [4.69, 9.17) is 10.5 Å². The Morgan fingerprint density at radius 1 is 1.32 bits per heavy atom. The van der Waals surface area contributed by atoms with Crippen molar-refractivity contribution < 1.29 is 13.2 Å². The molecule has 2 rings (SSSR count). The fraction of sp³-hybridized carbons (Fsp3) is 0.571. The Morgan fingerprint density at radius 3 is 2.37 bits per heavy atom. The molecule has 0 heterocycles. The van der Waals surface area contributed by atoms with Gasteiger partial charge in [0.2, 0.25) is 0 Å². The van der Waals surface area contributed by atoms with Crippen LogP contribution < -0.4 is 5.73 Å². The van der Waals surface area contributed by atoms with E-state index in [9.17, 15) is 8.42 Å². The summed E-state index contributed by atoms with van der Waals surface area (Å²) in [5.74, 6) is -0.172. The van der Waals surface area contributed by atoms with Gasteiger partial charge in [-0.05, 0) is 19.4 Å². The highest BCUT2D eigenvalue weighted by Gasteiger charge is 2.67. The van der Waals surface area contributed by atoms with Crippen LogP contribution in [0.5, 0.6) is 0 Å². The number of hydrogen-bond donors (Lipinski definition) is 1. The van der Waals surface area contributed by atoms with Gasteiger partial charge in [0.05, 0.1) is 17.4 Å². The zero-order valence-corrected chi connectivity index (χ0v) is 12.4. The maximum Gasteiger partial charge on any atom is 0.152 e. The SMILES string of the molecule is CCOCC1(N)C(c2ccc(C)cc2)C1S(C)(=O)=O. The lowest BCUT2D eigenvalue weighted by atomic mass is 10.1. The average Bonchev–Trinajstić information content (AvgIpc) is 2.95. The minimum absolute atomic E-state index is 0.172. The van der Waals surface area contributed by atoms with Crippen molar-refractivity contribution in [2.75, 3.05) is 19.5 Å². The van der Waals surface area contributed by atoms with Gasteiger partial charge in [0.15, 0.2) is 9.84 Å². The molecule has 1 aliphatic carbocycles. The van der Waals surface area contributed by atoms with Gasteiger partial charge in [0.25, 0.3) is 0 Å². The molecule has 1 aromatic rings. The van der Waals surface area contributed by atoms with E-state index in [1.807, 2.05) is 38.1 Å². The molecule has 3 unspecified atom stereocenters. The summed E-state index contributed by atoms with van der Waals surface area (Å²) in [4.78, 5) is 0. The predicted octanol–water partition coefficient (Wildman–Crippen LogP) is 1.24. The second kappa shape index (κ2) is 4.89. The standard InChI is InChI=1S/C14H21NO3S/c1-4-18-9-14(15)12(13(14)19(3,16)17)11-7-5-10(2)6-8-11/h5-8,12-13H,4,9,15H2,1-3H3. The normalized spacial score (nSPS) is 30.3. The summed E-state index contributed by atoms with van der Waals surface area (Å²) in [7, 11) is -3.18. The molecule has 0 aliphatic heterocycles. The van der Waals surface area contributed by atoms with Crippen LogP contribution in [-0.2, 0) is 14.6 Å². The molecule has 0 bridgehead atoms. The van der Waals surface area contributed by atoms with Crippen LogP contribution in [-0.4, -0.2) is 38.7 Å². The van der Waals surface area contributed by atoms with Crippen molar-refractivity contribution in [3.05, 3.63) is 35.4 Å². The first-order valence-corrected chi connectivity index (χ1v) is 8.38. The molecule has 0 spiro atoms. The van der Waals surface area contributed by atoms with Crippen LogP contribution in [0.1, 0.15) is 24.0 Å². The van der Waals surface area contributed by atoms with E-state index in [2.05, 4.69) is 0 Å². The summed E-state index contributed by atoms with van der Waals surface area (Å²) in [6.45, 7) is 4.69. The summed E-state index contributed by atoms with van der Waals surface area (Å²) in [5, 5.41) is -0.547. The molecule has 1 fully saturated rings. The Labute approximate surface area is 114 Å². The first-order chi connectivity index (χ1) is 8.80. The second-order valence-corrected chi connectivity index (χ2v) is 7.55. The lowest BCUT2D eigenvalue weighted by molar-refractivity contribution is 0.125. The summed E-state index contributed by atoms with van der Waals surface area (Å²) in [5.41, 5.74) is 7.60. The van der Waals surface area contributed by atoms with Gasteiger partial charge < -0.3 is 10.5 Å². The zero-order valence-electron chi connectivity index (χ0n) is 11.6. The second-order valence-electron chi connectivity index (χ2n) is 5.39. The highest BCUT2D eigenvalue weighted by molar-refractivity contribution is 7.91. The van der Waals surface area contributed by atoms with Crippen molar-refractivity contribution in [1.29, 1.82) is 0 Å². The highest BCUT2D eigenvalue weighted by atomic mass is 32.2. The summed E-state index contributed by atoms with van der Waals surface area (Å²) >= 11 is 0. The third-order valence-corrected chi connectivity index (χ3v) is 5.39. The van der Waals surface area contributed by atoms with Gasteiger partial charge >= 0.3 is 0 Å². The first-order valence-electron chi connectivity index (χ1n) is 6.42. The largest absolute Gasteiger partial charge is 0.380 e. The molecule has 0 amide bonds. The summed E-state index contributed by atoms with van der Waals surface area (Å²) in [6, 6.07) is 7.87. The van der Waals surface area contributed by atoms with Gasteiger partial charge in [-0.2, -0.15) is 0 Å². The Balaban J connectivity index is 2.30. The van der Waals surface area contributed by atoms with E-state index in [1.54, 1.807) is 0 Å². The van der Waals surface area contributed by atoms with Crippen LogP contribution >= 0.6 is 0 Å². The minimum atomic E-state index is -3.18. The van der Waals surface area contributed by atoms with Gasteiger partial charge in [-0.15, -0.1) is 0 Å². The topological polar surface area (TPSA) is 69.4 Å². The van der Waals surface area contributed by atoms with Gasteiger partial charge in [-0.25, -0.2) is 8.42 Å². The van der Waals surface area contributed by atoms with Gasteiger partial charge in [0.1, 0.15) is 0 Å². The van der Waals surface area contributed by atoms with E-state index in [0.717, 1.165) is 11.1 Å². The number of ether oxygens (including phenoxy) is 1. The number of benzene rings is 1. The van der Waals surface area contributed by atoms with Crippen LogP contribution in [0, 0.1) is 6.92 Å². The van der Waals surface area contributed by atoms with Gasteiger partial charge in [-0.3, -0.25) is 0 Å². The van der Waals surface area contributed by atoms with E-state index in [0.29, 0.717) is 6.61 Å². The minimum Gasteiger partial charge on any atom is -0.380 e. The third kappa shape index (κ3) is 2.68.